The molecule has 0 aliphatic heterocycles. The summed E-state index contributed by atoms with van der Waals surface area (Å²) in [6.45, 7) is 0.971. The monoisotopic (exact) mass is 357 g/mol. The number of hydrogen-bond acceptors (Lipinski definition) is 4. The third-order valence-electron chi connectivity index (χ3n) is 3.91. The number of carbonyl (C=O) groups is 2. The molecule has 2 aromatic rings. The van der Waals surface area contributed by atoms with E-state index in [0.29, 0.717) is 0 Å². The molecule has 0 aromatic heterocycles. The molecular weight excluding hydrogens is 334 g/mol. The predicted octanol–water partition coefficient (Wildman–Crippen LogP) is 2.40. The molecule has 0 fully saturated rings. The maximum atomic E-state index is 12.3. The highest BCUT2D eigenvalue weighted by atomic mass is 16.5. The van der Waals surface area contributed by atoms with Crippen LogP contribution in [-0.4, -0.2) is 42.8 Å². The number of ether oxygens (including phenoxy) is 2. The van der Waals surface area contributed by atoms with Gasteiger partial charge in [-0.3, -0.25) is 4.79 Å². The van der Waals surface area contributed by atoms with E-state index in [1.807, 2.05) is 60.7 Å². The number of benzene rings is 2. The van der Waals surface area contributed by atoms with Crippen molar-refractivity contribution in [1.82, 2.24) is 5.32 Å². The van der Waals surface area contributed by atoms with E-state index < -0.39 is 23.5 Å². The van der Waals surface area contributed by atoms with E-state index in [-0.39, 0.29) is 13.2 Å². The Bertz CT molecular complexity index is 680. The number of carboxylic acid groups (broad SMARTS) is 1. The van der Waals surface area contributed by atoms with Crippen LogP contribution in [0.5, 0.6) is 0 Å². The lowest BCUT2D eigenvalue weighted by Crippen LogP contribution is -2.56. The Morgan fingerprint density at radius 3 is 1.96 bits per heavy atom. The molecule has 0 aliphatic carbocycles. The maximum Gasteiger partial charge on any atom is 0.331 e. The minimum atomic E-state index is -1.51. The maximum absolute atomic E-state index is 12.3. The molecule has 0 saturated heterocycles. The van der Waals surface area contributed by atoms with Gasteiger partial charge in [0, 0.05) is 7.11 Å². The van der Waals surface area contributed by atoms with E-state index >= 15 is 0 Å². The Morgan fingerprint density at radius 1 is 1.04 bits per heavy atom. The highest BCUT2D eigenvalue weighted by Crippen LogP contribution is 2.25. The molecule has 0 aliphatic rings. The van der Waals surface area contributed by atoms with Crippen LogP contribution in [0.1, 0.15) is 24.2 Å². The first kappa shape index (κ1) is 19.6. The summed E-state index contributed by atoms with van der Waals surface area (Å²) in [5.74, 6) is -1.70. The number of hydrogen-bond donors (Lipinski definition) is 2. The molecule has 6 heteroatoms. The molecule has 2 N–H and O–H groups in total. The van der Waals surface area contributed by atoms with Gasteiger partial charge in [-0.1, -0.05) is 60.7 Å². The highest BCUT2D eigenvalue weighted by molar-refractivity contribution is 5.87. The number of nitrogens with one attached hydrogen (secondary N) is 1. The Balaban J connectivity index is 2.10. The predicted molar refractivity (Wildman–Crippen MR) is 96.7 cm³/mol. The largest absolute Gasteiger partial charge is 0.479 e. The summed E-state index contributed by atoms with van der Waals surface area (Å²) >= 11 is 0. The van der Waals surface area contributed by atoms with Crippen molar-refractivity contribution < 1.29 is 24.2 Å². The molecule has 138 valence electrons. The fourth-order valence-electron chi connectivity index (χ4n) is 2.58. The number of methoxy groups -OCH3 is 1. The SMILES string of the molecule is COCC(C)(NC(=O)COC(c1ccccc1)c1ccccc1)C(=O)O. The van der Waals surface area contributed by atoms with Crippen molar-refractivity contribution in [3.63, 3.8) is 0 Å². The summed E-state index contributed by atoms with van der Waals surface area (Å²) in [6, 6.07) is 19.1. The fourth-order valence-corrected chi connectivity index (χ4v) is 2.58. The van der Waals surface area contributed by atoms with Crippen LogP contribution in [0, 0.1) is 0 Å². The highest BCUT2D eigenvalue weighted by Gasteiger charge is 2.35. The van der Waals surface area contributed by atoms with Crippen LogP contribution in [0.3, 0.4) is 0 Å². The van der Waals surface area contributed by atoms with Crippen molar-refractivity contribution in [3.05, 3.63) is 71.8 Å². The molecular formula is C20H23NO5. The summed E-state index contributed by atoms with van der Waals surface area (Å²) in [7, 11) is 1.38. The van der Waals surface area contributed by atoms with Gasteiger partial charge in [-0.15, -0.1) is 0 Å². The minimum Gasteiger partial charge on any atom is -0.479 e. The van der Waals surface area contributed by atoms with Crippen LogP contribution < -0.4 is 5.32 Å². The van der Waals surface area contributed by atoms with Crippen LogP contribution in [0.2, 0.25) is 0 Å². The summed E-state index contributed by atoms with van der Waals surface area (Å²) in [4.78, 5) is 23.6. The number of rotatable bonds is 9. The molecule has 6 nitrogen and oxygen atoms in total. The van der Waals surface area contributed by atoms with Gasteiger partial charge in [0.15, 0.2) is 5.54 Å². The van der Waals surface area contributed by atoms with Gasteiger partial charge in [0.2, 0.25) is 5.91 Å². The Kier molecular flexibility index (Phi) is 6.89. The van der Waals surface area contributed by atoms with Crippen LogP contribution in [0.15, 0.2) is 60.7 Å². The summed E-state index contributed by atoms with van der Waals surface area (Å²) in [5.41, 5.74) is 0.304. The molecule has 0 saturated carbocycles. The molecule has 0 radical (unpaired) electrons. The van der Waals surface area contributed by atoms with E-state index in [0.717, 1.165) is 11.1 Å². The standard InChI is InChI=1S/C20H23NO5/c1-20(14-25-2,19(23)24)21-17(22)13-26-18(15-9-5-3-6-10-15)16-11-7-4-8-12-16/h3-12,18H,13-14H2,1-2H3,(H,21,22)(H,23,24). The van der Waals surface area contributed by atoms with Crippen molar-refractivity contribution in [3.8, 4) is 0 Å². The van der Waals surface area contributed by atoms with Gasteiger partial charge in [0.1, 0.15) is 12.7 Å². The molecule has 0 bridgehead atoms. The van der Waals surface area contributed by atoms with Crippen molar-refractivity contribution in [2.45, 2.75) is 18.6 Å². The summed E-state index contributed by atoms with van der Waals surface area (Å²) in [5, 5.41) is 11.8. The van der Waals surface area contributed by atoms with Crippen molar-refractivity contribution in [1.29, 1.82) is 0 Å². The van der Waals surface area contributed by atoms with Crippen molar-refractivity contribution in [2.24, 2.45) is 0 Å². The number of amides is 1. The second-order valence-corrected chi connectivity index (χ2v) is 6.13. The van der Waals surface area contributed by atoms with Gasteiger partial charge < -0.3 is 19.9 Å². The van der Waals surface area contributed by atoms with E-state index in [1.165, 1.54) is 14.0 Å². The van der Waals surface area contributed by atoms with Gasteiger partial charge in [-0.05, 0) is 18.1 Å². The fraction of sp³-hybridized carbons (Fsp3) is 0.300. The van der Waals surface area contributed by atoms with Gasteiger partial charge in [-0.2, -0.15) is 0 Å². The van der Waals surface area contributed by atoms with Crippen molar-refractivity contribution in [2.75, 3.05) is 20.3 Å². The molecule has 0 heterocycles. The first-order valence-electron chi connectivity index (χ1n) is 8.21. The second kappa shape index (κ2) is 9.12. The second-order valence-electron chi connectivity index (χ2n) is 6.13. The van der Waals surface area contributed by atoms with Crippen LogP contribution in [0.4, 0.5) is 0 Å². The number of carbonyl (C=O) groups excluding carboxylic acids is 1. The Labute approximate surface area is 152 Å². The first-order valence-corrected chi connectivity index (χ1v) is 8.21. The zero-order valence-corrected chi connectivity index (χ0v) is 14.8. The molecule has 26 heavy (non-hydrogen) atoms. The lowest BCUT2D eigenvalue weighted by molar-refractivity contribution is -0.150. The molecule has 1 amide bonds. The molecule has 2 aromatic carbocycles. The van der Waals surface area contributed by atoms with Crippen LogP contribution in [-0.2, 0) is 19.1 Å². The van der Waals surface area contributed by atoms with Gasteiger partial charge in [0.25, 0.3) is 0 Å². The Morgan fingerprint density at radius 2 is 1.54 bits per heavy atom. The normalized spacial score (nSPS) is 13.2. The quantitative estimate of drug-likeness (QED) is 0.720. The minimum absolute atomic E-state index is 0.144. The van der Waals surface area contributed by atoms with E-state index in [4.69, 9.17) is 9.47 Å². The summed E-state index contributed by atoms with van der Waals surface area (Å²) in [6.07, 6.45) is -0.429. The van der Waals surface area contributed by atoms with Gasteiger partial charge in [-0.25, -0.2) is 4.79 Å². The number of carboxylic acids is 1. The molecule has 1 unspecified atom stereocenters. The van der Waals surface area contributed by atoms with E-state index in [2.05, 4.69) is 5.32 Å². The zero-order valence-electron chi connectivity index (χ0n) is 14.8. The third-order valence-corrected chi connectivity index (χ3v) is 3.91. The van der Waals surface area contributed by atoms with E-state index in [1.54, 1.807) is 0 Å². The number of aliphatic carboxylic acids is 1. The molecule has 0 spiro atoms. The average Bonchev–Trinajstić information content (AvgIpc) is 2.63. The molecule has 1 atom stereocenters. The van der Waals surface area contributed by atoms with Gasteiger partial charge >= 0.3 is 5.97 Å². The Hall–Kier alpha value is -2.70. The van der Waals surface area contributed by atoms with E-state index in [9.17, 15) is 14.7 Å². The summed E-state index contributed by atoms with van der Waals surface area (Å²) < 4.78 is 10.7. The lowest BCUT2D eigenvalue weighted by Gasteiger charge is -2.26. The zero-order chi connectivity index (χ0) is 19.0. The first-order chi connectivity index (χ1) is 12.5. The molecule has 2 rings (SSSR count). The average molecular weight is 357 g/mol. The van der Waals surface area contributed by atoms with Gasteiger partial charge in [0.05, 0.1) is 6.61 Å². The lowest BCUT2D eigenvalue weighted by atomic mass is 10.0. The van der Waals surface area contributed by atoms with Crippen molar-refractivity contribution >= 4 is 11.9 Å². The smallest absolute Gasteiger partial charge is 0.331 e. The topological polar surface area (TPSA) is 84.9 Å². The van der Waals surface area contributed by atoms with Crippen LogP contribution >= 0.6 is 0 Å². The van der Waals surface area contributed by atoms with Crippen LogP contribution in [0.25, 0.3) is 0 Å². The third kappa shape index (κ3) is 5.15.